The summed E-state index contributed by atoms with van der Waals surface area (Å²) in [6.07, 6.45) is 5.82. The second-order valence-corrected chi connectivity index (χ2v) is 31.8. The van der Waals surface area contributed by atoms with Gasteiger partial charge in [-0.2, -0.15) is 0 Å². The average molecular weight is 1870 g/mol. The number of aldehydes is 1. The van der Waals surface area contributed by atoms with Crippen molar-refractivity contribution in [2.75, 3.05) is 99.7 Å². The molecule has 3 heterocycles. The molecule has 8 amide bonds. The molecule has 0 unspecified atom stereocenters. The fourth-order valence-electron chi connectivity index (χ4n) is 13.5. The van der Waals surface area contributed by atoms with Gasteiger partial charge in [0.1, 0.15) is 71.4 Å². The van der Waals surface area contributed by atoms with Crippen molar-refractivity contribution >= 4 is 83.4 Å². The smallest absolute Gasteiger partial charge is 0.326 e. The Morgan fingerprint density at radius 3 is 0.887 bits per heavy atom. The minimum absolute atomic E-state index is 0.00850. The number of carboxylic acid groups (broad SMARTS) is 5. The number of carboxylic acids is 5. The van der Waals surface area contributed by atoms with Gasteiger partial charge in [-0.1, -0.05) is 52.0 Å². The predicted octanol–water partition coefficient (Wildman–Crippen LogP) is 9.31. The first-order valence-electron chi connectivity index (χ1n) is 44.4. The second-order valence-electron chi connectivity index (χ2n) is 31.8. The first kappa shape index (κ1) is 113. The molecule has 5 fully saturated rings. The number of likely N-dealkylation sites (N-methyl/N-ethyl adjacent to an activating group) is 3. The number of aliphatic carboxylic acids is 5. The van der Waals surface area contributed by atoms with Crippen molar-refractivity contribution in [3.05, 3.63) is 214 Å². The molecule has 0 radical (unpaired) electrons. The molecule has 5 aliphatic rings. The van der Waals surface area contributed by atoms with Gasteiger partial charge in [0.15, 0.2) is 0 Å². The number of carbonyl (C=O) groups is 14. The summed E-state index contributed by atoms with van der Waals surface area (Å²) in [7, 11) is 5.97. The van der Waals surface area contributed by atoms with Gasteiger partial charge in [0.2, 0.25) is 23.6 Å². The molecule has 2 aliphatic carbocycles. The number of nitrogens with two attached hydrogens (primary N) is 2. The summed E-state index contributed by atoms with van der Waals surface area (Å²) in [5, 5.41) is 56.2. The van der Waals surface area contributed by atoms with Gasteiger partial charge in [-0.3, -0.25) is 57.5 Å². The van der Waals surface area contributed by atoms with Gasteiger partial charge >= 0.3 is 29.8 Å². The van der Waals surface area contributed by atoms with Crippen molar-refractivity contribution in [1.82, 2.24) is 56.0 Å². The third-order valence-electron chi connectivity index (χ3n) is 21.6. The summed E-state index contributed by atoms with van der Waals surface area (Å²) in [6.45, 7) is 16.1. The Hall–Kier alpha value is -12.5. The van der Waals surface area contributed by atoms with Crippen LogP contribution in [0.1, 0.15) is 201 Å². The van der Waals surface area contributed by atoms with Crippen LogP contribution >= 0.6 is 0 Å². The van der Waals surface area contributed by atoms with Crippen LogP contribution in [0.3, 0.4) is 0 Å². The summed E-state index contributed by atoms with van der Waals surface area (Å²) in [5.41, 5.74) is 13.9. The first-order chi connectivity index (χ1) is 63.4. The molecule has 14 N–H and O–H groups in total. The third kappa shape index (κ3) is 43.6. The van der Waals surface area contributed by atoms with E-state index in [2.05, 4.69) is 41.3 Å². The largest absolute Gasteiger partial charge is 0.481 e. The third-order valence-corrected chi connectivity index (χ3v) is 21.6. The fourth-order valence-corrected chi connectivity index (χ4v) is 13.5. The lowest BCUT2D eigenvalue weighted by molar-refractivity contribution is -0.140. The van der Waals surface area contributed by atoms with Crippen molar-refractivity contribution in [3.8, 4) is 0 Å². The van der Waals surface area contributed by atoms with Gasteiger partial charge in [-0.25, -0.2) is 31.1 Å². The van der Waals surface area contributed by atoms with E-state index in [0.29, 0.717) is 95.3 Å². The molecule has 728 valence electrons. The molecule has 0 aromatic heterocycles. The highest BCUT2D eigenvalue weighted by atomic mass is 19.1. The zero-order valence-corrected chi connectivity index (χ0v) is 76.2. The highest BCUT2D eigenvalue weighted by molar-refractivity contribution is 6.00. The highest BCUT2D eigenvalue weighted by Gasteiger charge is 2.40. The molecular formula is C95H127F6N13O19. The van der Waals surface area contributed by atoms with Crippen LogP contribution in [0, 0.1) is 34.9 Å². The van der Waals surface area contributed by atoms with Gasteiger partial charge in [0.25, 0.3) is 23.6 Å². The Morgan fingerprint density at radius 1 is 0.361 bits per heavy atom. The number of piperazine rings is 3. The SMILES string of the molecule is CC.CC.CN1CCN(C(=O)[C@H](CCCC(=O)N[C@@H]2C[C@H]2c2ccc(F)cc2)NC(=O)c2ccc(F)cc2)CC1.CN1CCN(C(=O)[C@H](CCCC(=O)O)NC(=O)c2ccc(F)cc2)CC1.CN1CCN(C(=O)[C@H](CCCC=O)NC(=O)c2ccc(F)cc2)CC1.N[C@@H](CCCC(=O)O)C(=O)O.N[C@@H]1C[C@H]1c1ccc(F)cc1.O=C(O)CCC[C@H](NC(=O)c1ccc(F)cc1)C(=O)O. The number of rotatable bonds is 36. The van der Waals surface area contributed by atoms with Gasteiger partial charge in [0, 0.05) is 157 Å². The molecule has 0 spiro atoms. The summed E-state index contributed by atoms with van der Waals surface area (Å²) >= 11 is 0. The number of unbranched alkanes of at least 4 members (excludes halogenated alkanes) is 1. The van der Waals surface area contributed by atoms with Crippen LogP contribution in [0.25, 0.3) is 0 Å². The topological polar surface area (TPSA) is 472 Å². The molecule has 38 heteroatoms. The predicted molar refractivity (Wildman–Crippen MR) is 484 cm³/mol. The van der Waals surface area contributed by atoms with Crippen LogP contribution in [0.2, 0.25) is 0 Å². The molecule has 3 saturated heterocycles. The Kier molecular flexibility index (Phi) is 51.3. The zero-order chi connectivity index (χ0) is 98.8. The average Bonchev–Trinajstić information content (AvgIpc) is 1.67. The maximum absolute atomic E-state index is 13.2. The molecule has 9 atom stereocenters. The van der Waals surface area contributed by atoms with Crippen LogP contribution in [-0.2, 0) is 47.9 Å². The van der Waals surface area contributed by atoms with E-state index >= 15 is 0 Å². The minimum atomic E-state index is -1.24. The Labute approximate surface area is 770 Å². The van der Waals surface area contributed by atoms with Crippen molar-refractivity contribution in [3.63, 3.8) is 0 Å². The first-order valence-corrected chi connectivity index (χ1v) is 44.4. The quantitative estimate of drug-likeness (QED) is 0.00989. The van der Waals surface area contributed by atoms with Gasteiger partial charge in [-0.15, -0.1) is 0 Å². The van der Waals surface area contributed by atoms with E-state index in [0.717, 1.165) is 76.1 Å². The van der Waals surface area contributed by atoms with E-state index in [4.69, 9.17) is 37.0 Å². The molecule has 6 aromatic carbocycles. The molecule has 32 nitrogen and oxygen atoms in total. The van der Waals surface area contributed by atoms with Crippen LogP contribution in [0.5, 0.6) is 0 Å². The number of carbonyl (C=O) groups excluding carboxylic acids is 9. The Bertz CT molecular complexity index is 4650. The fraction of sp³-hybridized carbons (Fsp3) is 0.474. The van der Waals surface area contributed by atoms with E-state index in [1.807, 2.05) is 61.0 Å². The maximum Gasteiger partial charge on any atom is 0.326 e. The van der Waals surface area contributed by atoms with E-state index in [9.17, 15) is 93.5 Å². The number of amides is 8. The van der Waals surface area contributed by atoms with Crippen molar-refractivity contribution in [1.29, 1.82) is 0 Å². The van der Waals surface area contributed by atoms with Gasteiger partial charge < -0.3 is 97.8 Å². The molecule has 6 aromatic rings. The zero-order valence-electron chi connectivity index (χ0n) is 76.2. The standard InChI is InChI=1S/C27H32F2N4O3.C18H24FN3O4.C18H24FN3O3.C13H14FNO5.C9H10FN.C6H11NO4.2C2H6/c1-32-13-15-33(16-14-32)27(36)23(31-26(35)19-7-11-21(29)12-8-19)3-2-4-25(34)30-24-17-22(24)18-5-9-20(28)10-6-18;1-21-9-11-22(12-10-21)18(26)15(3-2-4-16(23)24)20-17(25)13-5-7-14(19)8-6-13;1-21-9-11-22(12-10-21)18(25)16(4-2-3-13-23)20-17(24)14-5-7-15(19)8-6-14;14-9-6-4-8(5-7-9)12(18)15-10(13(19)20)2-1-3-11(16)17;10-7-3-1-6(2-4-7)8-5-9(8)11;7-4(6(10)11)2-1-3-5(8)9;2*1-2/h5-12,22-24H,2-4,13-17H2,1H3,(H,30,34)(H,31,35);5-8,15H,2-4,9-12H2,1H3,(H,20,25)(H,23,24);5-8,13,16H,2-4,9-12H2,1H3,(H,20,24);4-7,10H,1-3H2,(H,15,18)(H,16,17)(H,19,20);1-4,8-9H,5,11H2;4H,1-3,7H2,(H,8,9)(H,10,11);2*1-2H3/t22-,23-,24+;15-;16-;10-;8-,9+;4-;;/m000000../s1. The molecule has 3 aliphatic heterocycles. The van der Waals surface area contributed by atoms with E-state index in [1.54, 1.807) is 26.8 Å². The van der Waals surface area contributed by atoms with E-state index < -0.39 is 107 Å². The molecular weight excluding hydrogens is 1740 g/mol. The van der Waals surface area contributed by atoms with Crippen LogP contribution in [0.15, 0.2) is 146 Å². The molecule has 133 heavy (non-hydrogen) atoms. The summed E-state index contributed by atoms with van der Waals surface area (Å²) < 4.78 is 77.5. The number of benzene rings is 6. The van der Waals surface area contributed by atoms with Crippen LogP contribution in [-0.4, -0.2) is 280 Å². The number of halogens is 6. The number of nitrogens with one attached hydrogen (secondary N) is 5. The summed E-state index contributed by atoms with van der Waals surface area (Å²) in [5.74, 6) is -9.46. The van der Waals surface area contributed by atoms with E-state index in [-0.39, 0.29) is 122 Å². The lowest BCUT2D eigenvalue weighted by Gasteiger charge is -2.34. The molecule has 2 saturated carbocycles. The minimum Gasteiger partial charge on any atom is -0.481 e. The van der Waals surface area contributed by atoms with Gasteiger partial charge in [-0.05, 0) is 231 Å². The number of nitrogens with zero attached hydrogens (tertiary/aromatic N) is 6. The Balaban J connectivity index is 0.000000345. The van der Waals surface area contributed by atoms with Crippen molar-refractivity contribution in [2.24, 2.45) is 11.5 Å². The molecule has 0 bridgehead atoms. The normalized spacial score (nSPS) is 17.0. The maximum atomic E-state index is 13.2. The number of hydrogen-bond acceptors (Lipinski definition) is 19. The number of hydrogen-bond donors (Lipinski definition) is 12. The summed E-state index contributed by atoms with van der Waals surface area (Å²) in [4.78, 5) is 175. The van der Waals surface area contributed by atoms with Gasteiger partial charge in [0.05, 0.1) is 0 Å². The monoisotopic (exact) mass is 1870 g/mol. The van der Waals surface area contributed by atoms with Crippen LogP contribution in [0.4, 0.5) is 26.3 Å². The highest BCUT2D eigenvalue weighted by Crippen LogP contribution is 2.41. The van der Waals surface area contributed by atoms with Crippen molar-refractivity contribution in [2.45, 2.75) is 191 Å². The Morgan fingerprint density at radius 2 is 0.617 bits per heavy atom. The molecule has 11 rings (SSSR count). The second kappa shape index (κ2) is 60.5. The van der Waals surface area contributed by atoms with Crippen LogP contribution < -0.4 is 38.1 Å². The lowest BCUT2D eigenvalue weighted by Crippen LogP contribution is -2.54. The lowest BCUT2D eigenvalue weighted by atomic mass is 10.1. The van der Waals surface area contributed by atoms with Crippen molar-refractivity contribution < 1.29 is 119 Å². The van der Waals surface area contributed by atoms with E-state index in [1.165, 1.54) is 115 Å². The summed E-state index contributed by atoms with van der Waals surface area (Å²) in [6, 6.07) is 28.9.